The molecule has 1 aliphatic carbocycles. The molecule has 3 rings (SSSR count). The minimum Gasteiger partial charge on any atom is -0.355 e. The molecule has 1 aromatic rings. The number of halogens is 3. The number of hydrogen-bond donors (Lipinski definition) is 3. The Morgan fingerprint density at radius 3 is 2.70 bits per heavy atom. The van der Waals surface area contributed by atoms with Crippen LogP contribution in [0.4, 0.5) is 19.0 Å². The van der Waals surface area contributed by atoms with Gasteiger partial charge in [-0.15, -0.1) is 0 Å². The van der Waals surface area contributed by atoms with Crippen molar-refractivity contribution in [2.24, 2.45) is 11.3 Å². The SMILES string of the molecule is CC(C)=CCC[C@@H](C)CC(=O)NC[C@@]12C[C@@H](C(=O)Nc3nc(C(F)(F)F)ccc3C)N[C@@H]1C2. The predicted octanol–water partition coefficient (Wildman–Crippen LogP) is 4.36. The molecule has 3 N–H and O–H groups in total. The van der Waals surface area contributed by atoms with Crippen molar-refractivity contribution in [1.29, 1.82) is 0 Å². The van der Waals surface area contributed by atoms with Gasteiger partial charge in [-0.3, -0.25) is 9.59 Å². The summed E-state index contributed by atoms with van der Waals surface area (Å²) in [4.78, 5) is 28.6. The van der Waals surface area contributed by atoms with Crippen molar-refractivity contribution in [2.45, 2.75) is 78.1 Å². The van der Waals surface area contributed by atoms with Crippen LogP contribution < -0.4 is 16.0 Å². The number of alkyl halides is 3. The lowest BCUT2D eigenvalue weighted by Crippen LogP contribution is -2.38. The molecule has 4 atom stereocenters. The van der Waals surface area contributed by atoms with E-state index in [9.17, 15) is 22.8 Å². The second-order valence-electron chi connectivity index (χ2n) is 9.84. The molecule has 33 heavy (non-hydrogen) atoms. The number of rotatable bonds is 9. The number of nitrogens with zero attached hydrogens (tertiary/aromatic N) is 1. The smallest absolute Gasteiger partial charge is 0.355 e. The zero-order chi connectivity index (χ0) is 24.4. The van der Waals surface area contributed by atoms with E-state index in [1.165, 1.54) is 11.6 Å². The highest BCUT2D eigenvalue weighted by Gasteiger charge is 2.61. The summed E-state index contributed by atoms with van der Waals surface area (Å²) < 4.78 is 38.8. The van der Waals surface area contributed by atoms with Gasteiger partial charge in [0.2, 0.25) is 11.8 Å². The Morgan fingerprint density at radius 2 is 2.03 bits per heavy atom. The van der Waals surface area contributed by atoms with Crippen molar-refractivity contribution in [3.05, 3.63) is 35.0 Å². The molecule has 0 unspecified atom stereocenters. The zero-order valence-electron chi connectivity index (χ0n) is 19.6. The maximum Gasteiger partial charge on any atom is 0.433 e. The Balaban J connectivity index is 1.48. The molecule has 0 bridgehead atoms. The fraction of sp³-hybridized carbons (Fsp3) is 0.625. The standard InChI is InChI=1S/C24H33F3N4O2/c1-14(2)6-5-7-15(3)10-20(32)28-13-23-11-17(29-19(23)12-23)22(33)31-21-16(4)8-9-18(30-21)24(25,26)27/h6,8-9,15,17,19,29H,5,7,10-13H2,1-4H3,(H,28,32)(H,30,31,33)/t15-,17+,19-,23+/m1/s1. The average molecular weight is 467 g/mol. The van der Waals surface area contributed by atoms with Crippen LogP contribution in [0.5, 0.6) is 0 Å². The van der Waals surface area contributed by atoms with Crippen molar-refractivity contribution in [3.8, 4) is 0 Å². The molecule has 2 amide bonds. The molecule has 1 aromatic heterocycles. The molecule has 9 heteroatoms. The van der Waals surface area contributed by atoms with Gasteiger partial charge >= 0.3 is 6.18 Å². The van der Waals surface area contributed by atoms with Crippen molar-refractivity contribution < 1.29 is 22.8 Å². The van der Waals surface area contributed by atoms with Gasteiger partial charge in [-0.25, -0.2) is 4.98 Å². The first kappa shape index (κ1) is 25.2. The second-order valence-corrected chi connectivity index (χ2v) is 9.84. The van der Waals surface area contributed by atoms with E-state index in [2.05, 4.69) is 47.8 Å². The number of aryl methyl sites for hydroxylation is 1. The van der Waals surface area contributed by atoms with Crippen molar-refractivity contribution in [3.63, 3.8) is 0 Å². The maximum absolute atomic E-state index is 12.9. The molecule has 6 nitrogen and oxygen atoms in total. The molecule has 2 aliphatic rings. The second kappa shape index (κ2) is 9.83. The highest BCUT2D eigenvalue weighted by molar-refractivity contribution is 5.95. The van der Waals surface area contributed by atoms with Crippen LogP contribution in [0, 0.1) is 18.3 Å². The average Bonchev–Trinajstić information content (AvgIpc) is 3.26. The minimum atomic E-state index is -4.58. The number of piperidine rings is 1. The zero-order valence-corrected chi connectivity index (χ0v) is 19.6. The third-order valence-electron chi connectivity index (χ3n) is 6.53. The Kier molecular flexibility index (Phi) is 7.51. The quantitative estimate of drug-likeness (QED) is 0.473. The molecular weight excluding hydrogens is 433 g/mol. The van der Waals surface area contributed by atoms with Gasteiger partial charge in [-0.1, -0.05) is 24.6 Å². The lowest BCUT2D eigenvalue weighted by molar-refractivity contribution is -0.141. The van der Waals surface area contributed by atoms with E-state index < -0.39 is 23.8 Å². The van der Waals surface area contributed by atoms with Crippen LogP contribution in [-0.4, -0.2) is 35.4 Å². The minimum absolute atomic E-state index is 0.0106. The topological polar surface area (TPSA) is 83.1 Å². The molecular formula is C24H33F3N4O2. The number of carbonyl (C=O) groups is 2. The van der Waals surface area contributed by atoms with Crippen molar-refractivity contribution in [2.75, 3.05) is 11.9 Å². The fourth-order valence-corrected chi connectivity index (χ4v) is 4.39. The number of nitrogens with one attached hydrogen (secondary N) is 3. The van der Waals surface area contributed by atoms with Gasteiger partial charge in [-0.05, 0) is 64.0 Å². The number of aromatic nitrogens is 1. The number of hydrogen-bond acceptors (Lipinski definition) is 4. The lowest BCUT2D eigenvalue weighted by atomic mass is 9.98. The molecule has 0 radical (unpaired) electrons. The van der Waals surface area contributed by atoms with Crippen LogP contribution in [0.15, 0.2) is 23.8 Å². The number of allylic oxidation sites excluding steroid dienone is 2. The summed E-state index contributed by atoms with van der Waals surface area (Å²) in [5.41, 5.74) is 0.524. The highest BCUT2D eigenvalue weighted by atomic mass is 19.4. The van der Waals surface area contributed by atoms with Crippen molar-refractivity contribution >= 4 is 17.6 Å². The third kappa shape index (κ3) is 6.56. The summed E-state index contributed by atoms with van der Waals surface area (Å²) in [6.45, 7) is 8.28. The van der Waals surface area contributed by atoms with Gasteiger partial charge in [0.15, 0.2) is 0 Å². The summed E-state index contributed by atoms with van der Waals surface area (Å²) in [7, 11) is 0. The van der Waals surface area contributed by atoms with Gasteiger partial charge < -0.3 is 16.0 Å². The number of pyridine rings is 1. The summed E-state index contributed by atoms with van der Waals surface area (Å²) in [5, 5.41) is 8.79. The largest absolute Gasteiger partial charge is 0.433 e. The first-order valence-corrected chi connectivity index (χ1v) is 11.4. The van der Waals surface area contributed by atoms with Gasteiger partial charge in [0.25, 0.3) is 0 Å². The van der Waals surface area contributed by atoms with Crippen LogP contribution in [0.3, 0.4) is 0 Å². The maximum atomic E-state index is 12.9. The van der Waals surface area contributed by atoms with Gasteiger partial charge in [0, 0.05) is 24.4 Å². The first-order chi connectivity index (χ1) is 15.4. The molecule has 0 aromatic carbocycles. The van der Waals surface area contributed by atoms with E-state index in [-0.39, 0.29) is 29.1 Å². The Bertz CT molecular complexity index is 927. The molecule has 2 fully saturated rings. The molecule has 1 aliphatic heterocycles. The summed E-state index contributed by atoms with van der Waals surface area (Å²) in [6, 6.07) is 1.79. The van der Waals surface area contributed by atoms with E-state index in [1.54, 1.807) is 6.92 Å². The Morgan fingerprint density at radius 1 is 1.30 bits per heavy atom. The van der Waals surface area contributed by atoms with Crippen LogP contribution >= 0.6 is 0 Å². The number of fused-ring (bicyclic) bond motifs is 1. The molecule has 0 spiro atoms. The van der Waals surface area contributed by atoms with E-state index in [4.69, 9.17) is 0 Å². The Hall–Kier alpha value is -2.42. The van der Waals surface area contributed by atoms with E-state index >= 15 is 0 Å². The molecule has 182 valence electrons. The third-order valence-corrected chi connectivity index (χ3v) is 6.53. The number of carbonyl (C=O) groups excluding carboxylic acids is 2. The van der Waals surface area contributed by atoms with Crippen LogP contribution in [0.1, 0.15) is 64.1 Å². The summed E-state index contributed by atoms with van der Waals surface area (Å²) in [6.07, 6.45) is 1.38. The molecule has 1 saturated heterocycles. The van der Waals surface area contributed by atoms with Gasteiger partial charge in [0.05, 0.1) is 6.04 Å². The lowest BCUT2D eigenvalue weighted by Gasteiger charge is -2.18. The van der Waals surface area contributed by atoms with E-state index in [0.717, 1.165) is 25.3 Å². The highest BCUT2D eigenvalue weighted by Crippen LogP contribution is 2.54. The van der Waals surface area contributed by atoms with E-state index in [0.29, 0.717) is 24.9 Å². The van der Waals surface area contributed by atoms with Crippen molar-refractivity contribution in [1.82, 2.24) is 15.6 Å². The van der Waals surface area contributed by atoms with Gasteiger partial charge in [0.1, 0.15) is 11.5 Å². The van der Waals surface area contributed by atoms with Crippen LogP contribution in [0.25, 0.3) is 0 Å². The van der Waals surface area contributed by atoms with E-state index in [1.807, 2.05) is 0 Å². The summed E-state index contributed by atoms with van der Waals surface area (Å²) in [5.74, 6) is -0.190. The monoisotopic (exact) mass is 466 g/mol. The first-order valence-electron chi connectivity index (χ1n) is 11.4. The van der Waals surface area contributed by atoms with Crippen LogP contribution in [0.2, 0.25) is 0 Å². The normalized spacial score (nSPS) is 24.6. The number of amides is 2. The Labute approximate surface area is 192 Å². The molecule has 1 saturated carbocycles. The summed E-state index contributed by atoms with van der Waals surface area (Å²) >= 11 is 0. The van der Waals surface area contributed by atoms with Gasteiger partial charge in [-0.2, -0.15) is 13.2 Å². The molecule has 2 heterocycles. The number of anilines is 1. The predicted molar refractivity (Wildman–Crippen MR) is 120 cm³/mol. The fourth-order valence-electron chi connectivity index (χ4n) is 4.39. The van der Waals surface area contributed by atoms with Crippen LogP contribution in [-0.2, 0) is 15.8 Å².